The second-order valence-corrected chi connectivity index (χ2v) is 8.54. The van der Waals surface area contributed by atoms with Crippen LogP contribution in [0.1, 0.15) is 11.1 Å². The number of nitro groups is 1. The second kappa shape index (κ2) is 9.78. The average Bonchev–Trinajstić information content (AvgIpc) is 3.33. The molecule has 1 heterocycles. The van der Waals surface area contributed by atoms with Crippen LogP contribution in [-0.4, -0.2) is 21.2 Å². The number of benzene rings is 3. The van der Waals surface area contributed by atoms with E-state index in [1.165, 1.54) is 47.8 Å². The third kappa shape index (κ3) is 5.59. The summed E-state index contributed by atoms with van der Waals surface area (Å²) in [5.41, 5.74) is -3.58. The minimum Gasteiger partial charge on any atom is -0.449 e. The molecule has 3 aromatic carbocycles. The van der Waals surface area contributed by atoms with Crippen molar-refractivity contribution in [2.75, 3.05) is 0 Å². The van der Waals surface area contributed by atoms with Gasteiger partial charge in [-0.15, -0.1) is 11.3 Å². The zero-order valence-corrected chi connectivity index (χ0v) is 19.3. The number of hydrogen-bond donors (Lipinski definition) is 1. The van der Waals surface area contributed by atoms with Crippen molar-refractivity contribution in [2.24, 2.45) is 0 Å². The van der Waals surface area contributed by atoms with Crippen molar-refractivity contribution in [3.8, 4) is 38.7 Å². The van der Waals surface area contributed by atoms with Crippen molar-refractivity contribution < 1.29 is 45.9 Å². The number of aromatic nitrogens is 1. The molecular formula is C24H12F6N2O5S. The van der Waals surface area contributed by atoms with E-state index in [1.807, 2.05) is 0 Å². The molecule has 1 N–H and O–H groups in total. The zero-order valence-electron chi connectivity index (χ0n) is 18.5. The molecule has 4 rings (SSSR count). The molecule has 7 nitrogen and oxygen atoms in total. The Kier molecular flexibility index (Phi) is 6.84. The van der Waals surface area contributed by atoms with Gasteiger partial charge in [-0.3, -0.25) is 10.1 Å². The number of alkyl halides is 6. The molecule has 0 radical (unpaired) electrons. The summed E-state index contributed by atoms with van der Waals surface area (Å²) in [7, 11) is 0. The number of thiazole rings is 1. The number of nitrogens with zero attached hydrogens (tertiary/aromatic N) is 2. The predicted molar refractivity (Wildman–Crippen MR) is 124 cm³/mol. The lowest BCUT2D eigenvalue weighted by Gasteiger charge is -2.13. The van der Waals surface area contributed by atoms with Gasteiger partial charge in [0, 0.05) is 28.1 Å². The molecule has 0 saturated carbocycles. The fourth-order valence-corrected chi connectivity index (χ4v) is 4.38. The fourth-order valence-electron chi connectivity index (χ4n) is 3.56. The maximum Gasteiger partial charge on any atom is 0.511 e. The molecular weight excluding hydrogens is 542 g/mol. The first kappa shape index (κ1) is 26.6. The molecule has 0 fully saturated rings. The molecule has 0 saturated heterocycles. The Hall–Kier alpha value is -4.46. The minimum absolute atomic E-state index is 0.00773. The van der Waals surface area contributed by atoms with Gasteiger partial charge in [-0.2, -0.15) is 26.3 Å². The number of carboxylic acid groups (broad SMARTS) is 1. The molecule has 0 amide bonds. The van der Waals surface area contributed by atoms with Crippen LogP contribution in [-0.2, 0) is 12.4 Å². The highest BCUT2D eigenvalue weighted by Gasteiger charge is 2.37. The maximum absolute atomic E-state index is 13.2. The second-order valence-electron chi connectivity index (χ2n) is 7.69. The number of para-hydroxylation sites is 1. The Morgan fingerprint density at radius 2 is 1.53 bits per heavy atom. The van der Waals surface area contributed by atoms with Crippen LogP contribution in [0.4, 0.5) is 36.8 Å². The molecule has 4 aromatic rings. The van der Waals surface area contributed by atoms with Gasteiger partial charge in [0.05, 0.1) is 27.3 Å². The van der Waals surface area contributed by atoms with Crippen molar-refractivity contribution in [1.29, 1.82) is 0 Å². The predicted octanol–water partition coefficient (Wildman–Crippen LogP) is 8.15. The van der Waals surface area contributed by atoms with Crippen LogP contribution in [0.15, 0.2) is 66.0 Å². The van der Waals surface area contributed by atoms with Gasteiger partial charge in [-0.1, -0.05) is 18.2 Å². The fraction of sp³-hybridized carbons (Fsp3) is 0.0833. The van der Waals surface area contributed by atoms with Crippen LogP contribution in [0.25, 0.3) is 33.0 Å². The van der Waals surface area contributed by atoms with Crippen molar-refractivity contribution in [3.05, 3.63) is 87.3 Å². The molecule has 0 aliphatic carbocycles. The molecule has 0 bridgehead atoms. The summed E-state index contributed by atoms with van der Waals surface area (Å²) in [5.74, 6) is -0.292. The zero-order chi connectivity index (χ0) is 27.8. The first-order valence-electron chi connectivity index (χ1n) is 10.3. The van der Waals surface area contributed by atoms with Gasteiger partial charge >= 0.3 is 18.5 Å². The lowest BCUT2D eigenvalue weighted by Crippen LogP contribution is -2.11. The van der Waals surface area contributed by atoms with Gasteiger partial charge in [0.15, 0.2) is 0 Å². The quantitative estimate of drug-likeness (QED) is 0.0878. The number of halogens is 6. The van der Waals surface area contributed by atoms with Crippen LogP contribution in [0, 0.1) is 10.1 Å². The average molecular weight is 554 g/mol. The molecule has 196 valence electrons. The topological polar surface area (TPSA) is 103 Å². The molecule has 0 atom stereocenters. The van der Waals surface area contributed by atoms with Crippen LogP contribution in [0.2, 0.25) is 0 Å². The normalized spacial score (nSPS) is 11.8. The van der Waals surface area contributed by atoms with E-state index >= 15 is 0 Å². The summed E-state index contributed by atoms with van der Waals surface area (Å²) in [4.78, 5) is 26.2. The van der Waals surface area contributed by atoms with E-state index in [9.17, 15) is 41.3 Å². The van der Waals surface area contributed by atoms with Crippen molar-refractivity contribution in [2.45, 2.75) is 12.4 Å². The van der Waals surface area contributed by atoms with E-state index in [2.05, 4.69) is 4.98 Å². The first-order chi connectivity index (χ1) is 17.7. The third-order valence-electron chi connectivity index (χ3n) is 5.20. The summed E-state index contributed by atoms with van der Waals surface area (Å²) >= 11 is 0.877. The van der Waals surface area contributed by atoms with Gasteiger partial charge in [0.1, 0.15) is 10.8 Å². The maximum atomic E-state index is 13.2. The summed E-state index contributed by atoms with van der Waals surface area (Å²) in [6, 6.07) is 10.6. The molecule has 0 unspecified atom stereocenters. The lowest BCUT2D eigenvalue weighted by atomic mass is 10.0. The number of rotatable bonds is 5. The van der Waals surface area contributed by atoms with Crippen LogP contribution in [0.3, 0.4) is 0 Å². The Labute approximate surface area is 212 Å². The molecule has 14 heteroatoms. The van der Waals surface area contributed by atoms with Gasteiger partial charge < -0.3 is 9.84 Å². The van der Waals surface area contributed by atoms with E-state index in [1.54, 1.807) is 0 Å². The Morgan fingerprint density at radius 1 is 0.895 bits per heavy atom. The van der Waals surface area contributed by atoms with Gasteiger partial charge in [-0.05, 0) is 36.4 Å². The summed E-state index contributed by atoms with van der Waals surface area (Å²) in [6.45, 7) is 0. The SMILES string of the molecule is O=C(O)Oc1cc(-c2nc(-c3cc(C(F)(F)F)cc(C(F)(F)F)c3)cs2)ccc1-c1ccccc1[N+](=O)[O-]. The number of ether oxygens (including phenoxy) is 1. The minimum atomic E-state index is -5.03. The summed E-state index contributed by atoms with van der Waals surface area (Å²) < 4.78 is 84.2. The Balaban J connectivity index is 1.80. The van der Waals surface area contributed by atoms with E-state index < -0.39 is 40.1 Å². The van der Waals surface area contributed by atoms with Crippen LogP contribution in [0.5, 0.6) is 5.75 Å². The molecule has 0 aliphatic heterocycles. The highest BCUT2D eigenvalue weighted by molar-refractivity contribution is 7.13. The monoisotopic (exact) mass is 554 g/mol. The highest BCUT2D eigenvalue weighted by Crippen LogP contribution is 2.42. The van der Waals surface area contributed by atoms with Gasteiger partial charge in [0.2, 0.25) is 0 Å². The standard InChI is InChI=1S/C24H12F6N2O5S/c25-23(26,27)14-7-13(8-15(10-14)24(28,29)30)18-11-38-21(31-18)12-5-6-17(20(9-12)37-22(33)34)16-3-1-2-4-19(16)32(35)36/h1-11H,(H,33,34). The molecule has 1 aromatic heterocycles. The summed E-state index contributed by atoms with van der Waals surface area (Å²) in [6.07, 6.45) is -11.8. The Morgan fingerprint density at radius 3 is 2.11 bits per heavy atom. The highest BCUT2D eigenvalue weighted by atomic mass is 32.1. The lowest BCUT2D eigenvalue weighted by molar-refractivity contribution is -0.384. The number of nitro benzene ring substituents is 1. The van der Waals surface area contributed by atoms with E-state index in [4.69, 9.17) is 9.84 Å². The summed E-state index contributed by atoms with van der Waals surface area (Å²) in [5, 5.41) is 22.0. The smallest absolute Gasteiger partial charge is 0.449 e. The molecule has 0 aliphatic rings. The van der Waals surface area contributed by atoms with Gasteiger partial charge in [0.25, 0.3) is 5.69 Å². The molecule has 0 spiro atoms. The van der Waals surface area contributed by atoms with Crippen LogP contribution >= 0.6 is 11.3 Å². The van der Waals surface area contributed by atoms with Crippen LogP contribution < -0.4 is 4.74 Å². The van der Waals surface area contributed by atoms with Crippen molar-refractivity contribution in [3.63, 3.8) is 0 Å². The van der Waals surface area contributed by atoms with E-state index in [0.29, 0.717) is 12.1 Å². The Bertz CT molecular complexity index is 1520. The van der Waals surface area contributed by atoms with Crippen molar-refractivity contribution in [1.82, 2.24) is 4.98 Å². The van der Waals surface area contributed by atoms with Crippen molar-refractivity contribution >= 4 is 23.2 Å². The number of hydrogen-bond acceptors (Lipinski definition) is 6. The number of carbonyl (C=O) groups is 1. The largest absolute Gasteiger partial charge is 0.511 e. The van der Waals surface area contributed by atoms with Gasteiger partial charge in [-0.25, -0.2) is 9.78 Å². The van der Waals surface area contributed by atoms with E-state index in [-0.39, 0.29) is 44.9 Å². The molecule has 38 heavy (non-hydrogen) atoms. The third-order valence-corrected chi connectivity index (χ3v) is 6.10. The first-order valence-corrected chi connectivity index (χ1v) is 11.2. The van der Waals surface area contributed by atoms with E-state index in [0.717, 1.165) is 11.3 Å².